The molecule has 72 valence electrons. The molecule has 1 aromatic carbocycles. The average molecular weight is 210 g/mol. The molecule has 0 heterocycles. The zero-order valence-corrected chi connectivity index (χ0v) is 8.26. The predicted molar refractivity (Wildman–Crippen MR) is 55.1 cm³/mol. The molecule has 14 heavy (non-hydrogen) atoms. The number of nitrogens with two attached hydrogens (primary N) is 1. The van der Waals surface area contributed by atoms with Crippen molar-refractivity contribution in [1.29, 1.82) is 0 Å². The Labute approximate surface area is 86.8 Å². The summed E-state index contributed by atoms with van der Waals surface area (Å²) < 4.78 is 4.53. The van der Waals surface area contributed by atoms with E-state index in [1.165, 1.54) is 19.2 Å². The molecule has 3 nitrogen and oxygen atoms in total. The normalized spacial score (nSPS) is 9.21. The summed E-state index contributed by atoms with van der Waals surface area (Å²) in [5, 5.41) is 0.354. The van der Waals surface area contributed by atoms with Gasteiger partial charge in [0.2, 0.25) is 0 Å². The van der Waals surface area contributed by atoms with Gasteiger partial charge in [-0.3, -0.25) is 0 Å². The molecule has 0 atom stereocenters. The van der Waals surface area contributed by atoms with Crippen LogP contribution in [0.5, 0.6) is 0 Å². The highest BCUT2D eigenvalue weighted by Gasteiger charge is 2.13. The first-order valence-electron chi connectivity index (χ1n) is 3.74. The monoisotopic (exact) mass is 209 g/mol. The lowest BCUT2D eigenvalue weighted by Crippen LogP contribution is -2.07. The van der Waals surface area contributed by atoms with Crippen molar-refractivity contribution in [2.75, 3.05) is 12.8 Å². The number of esters is 1. The summed E-state index contributed by atoms with van der Waals surface area (Å²) in [6.45, 7) is 0. The fourth-order valence-electron chi connectivity index (χ4n) is 1.02. The highest BCUT2D eigenvalue weighted by Crippen LogP contribution is 2.23. The van der Waals surface area contributed by atoms with Gasteiger partial charge in [0, 0.05) is 10.6 Å². The maximum absolute atomic E-state index is 11.2. The van der Waals surface area contributed by atoms with Gasteiger partial charge in [-0.05, 0) is 12.1 Å². The second kappa shape index (κ2) is 4.03. The molecular weight excluding hydrogens is 202 g/mol. The van der Waals surface area contributed by atoms with Gasteiger partial charge >= 0.3 is 5.97 Å². The lowest BCUT2D eigenvalue weighted by molar-refractivity contribution is 0.0602. The van der Waals surface area contributed by atoms with Gasteiger partial charge in [0.1, 0.15) is 0 Å². The van der Waals surface area contributed by atoms with Crippen molar-refractivity contribution >= 4 is 23.3 Å². The number of nitrogen functional groups attached to an aromatic ring is 1. The zero-order chi connectivity index (χ0) is 10.7. The Morgan fingerprint density at radius 2 is 2.29 bits per heavy atom. The molecule has 1 aromatic rings. The summed E-state index contributed by atoms with van der Waals surface area (Å²) in [7, 11) is 1.26. The molecule has 0 saturated heterocycles. The van der Waals surface area contributed by atoms with Gasteiger partial charge in [-0.15, -0.1) is 6.42 Å². The first kappa shape index (κ1) is 10.4. The fraction of sp³-hybridized carbons (Fsp3) is 0.100. The number of terminal acetylenes is 1. The summed E-state index contributed by atoms with van der Waals surface area (Å²) in [4.78, 5) is 11.2. The topological polar surface area (TPSA) is 52.3 Å². The molecular formula is C10H8ClNO2. The molecule has 0 radical (unpaired) electrons. The molecule has 0 aliphatic heterocycles. The first-order chi connectivity index (χ1) is 6.60. The fourth-order valence-corrected chi connectivity index (χ4v) is 1.23. The van der Waals surface area contributed by atoms with E-state index in [1.807, 2.05) is 0 Å². The van der Waals surface area contributed by atoms with Crippen LogP contribution in [-0.4, -0.2) is 13.1 Å². The van der Waals surface area contributed by atoms with Crippen LogP contribution in [-0.2, 0) is 4.74 Å². The lowest BCUT2D eigenvalue weighted by atomic mass is 10.1. The zero-order valence-electron chi connectivity index (χ0n) is 7.50. The molecule has 0 fully saturated rings. The van der Waals surface area contributed by atoms with Crippen molar-refractivity contribution < 1.29 is 9.53 Å². The number of hydrogen-bond donors (Lipinski definition) is 1. The van der Waals surface area contributed by atoms with Crippen LogP contribution in [0.3, 0.4) is 0 Å². The Hall–Kier alpha value is -1.66. The van der Waals surface area contributed by atoms with E-state index in [1.54, 1.807) is 0 Å². The van der Waals surface area contributed by atoms with Crippen molar-refractivity contribution in [1.82, 2.24) is 0 Å². The van der Waals surface area contributed by atoms with E-state index in [9.17, 15) is 4.79 Å². The van der Waals surface area contributed by atoms with Crippen molar-refractivity contribution in [2.24, 2.45) is 0 Å². The molecule has 2 N–H and O–H groups in total. The summed E-state index contributed by atoms with van der Waals surface area (Å²) in [5.74, 6) is 1.78. The molecule has 0 spiro atoms. The average Bonchev–Trinajstić information content (AvgIpc) is 2.19. The quantitative estimate of drug-likeness (QED) is 0.435. The van der Waals surface area contributed by atoms with Crippen molar-refractivity contribution in [3.05, 3.63) is 28.3 Å². The van der Waals surface area contributed by atoms with Crippen LogP contribution in [0, 0.1) is 12.3 Å². The third-order valence-corrected chi connectivity index (χ3v) is 1.92. The molecule has 0 aromatic heterocycles. The van der Waals surface area contributed by atoms with Gasteiger partial charge < -0.3 is 10.5 Å². The maximum atomic E-state index is 11.2. The van der Waals surface area contributed by atoms with E-state index >= 15 is 0 Å². The Balaban J connectivity index is 3.38. The third-order valence-electron chi connectivity index (χ3n) is 1.71. The van der Waals surface area contributed by atoms with Gasteiger partial charge in [-0.2, -0.15) is 0 Å². The minimum Gasteiger partial charge on any atom is -0.465 e. The van der Waals surface area contributed by atoms with Crippen LogP contribution in [0.4, 0.5) is 5.69 Å². The van der Waals surface area contributed by atoms with Crippen LogP contribution in [0.1, 0.15) is 15.9 Å². The van der Waals surface area contributed by atoms with Gasteiger partial charge in [0.25, 0.3) is 0 Å². The molecule has 0 amide bonds. The van der Waals surface area contributed by atoms with Crippen molar-refractivity contribution in [2.45, 2.75) is 0 Å². The van der Waals surface area contributed by atoms with Gasteiger partial charge in [0.15, 0.2) is 0 Å². The Bertz CT molecular complexity index is 421. The van der Waals surface area contributed by atoms with Crippen LogP contribution in [0.25, 0.3) is 0 Å². The predicted octanol–water partition coefficient (Wildman–Crippen LogP) is 1.69. The SMILES string of the molecule is C#Cc1cc(Cl)cc(C(=O)OC)c1N. The van der Waals surface area contributed by atoms with E-state index in [4.69, 9.17) is 23.8 Å². The van der Waals surface area contributed by atoms with Gasteiger partial charge in [-0.1, -0.05) is 17.5 Å². The highest BCUT2D eigenvalue weighted by molar-refractivity contribution is 6.31. The molecule has 1 rings (SSSR count). The third kappa shape index (κ3) is 1.81. The van der Waals surface area contributed by atoms with Crippen molar-refractivity contribution in [3.8, 4) is 12.3 Å². The van der Waals surface area contributed by atoms with Gasteiger partial charge in [0.05, 0.1) is 18.4 Å². The second-order valence-corrected chi connectivity index (χ2v) is 2.99. The standard InChI is InChI=1S/C10H8ClNO2/c1-3-6-4-7(11)5-8(9(6)12)10(13)14-2/h1,4-5H,12H2,2H3. The molecule has 4 heteroatoms. The number of carbonyl (C=O) groups excluding carboxylic acids is 1. The number of halogens is 1. The molecule has 0 saturated carbocycles. The summed E-state index contributed by atoms with van der Waals surface area (Å²) >= 11 is 5.74. The van der Waals surface area contributed by atoms with Crippen LogP contribution in [0.2, 0.25) is 5.02 Å². The van der Waals surface area contributed by atoms with E-state index in [-0.39, 0.29) is 11.3 Å². The van der Waals surface area contributed by atoms with E-state index in [0.717, 1.165) is 0 Å². The molecule has 0 aliphatic rings. The summed E-state index contributed by atoms with van der Waals surface area (Å²) in [5.41, 5.74) is 6.42. The summed E-state index contributed by atoms with van der Waals surface area (Å²) in [6.07, 6.45) is 5.19. The van der Waals surface area contributed by atoms with E-state index < -0.39 is 5.97 Å². The number of hydrogen-bond acceptors (Lipinski definition) is 3. The first-order valence-corrected chi connectivity index (χ1v) is 4.12. The second-order valence-electron chi connectivity index (χ2n) is 2.55. The smallest absolute Gasteiger partial charge is 0.340 e. The highest BCUT2D eigenvalue weighted by atomic mass is 35.5. The lowest BCUT2D eigenvalue weighted by Gasteiger charge is -2.06. The van der Waals surface area contributed by atoms with Crippen molar-refractivity contribution in [3.63, 3.8) is 0 Å². The number of benzene rings is 1. The largest absolute Gasteiger partial charge is 0.465 e. The minimum atomic E-state index is -0.554. The van der Waals surface area contributed by atoms with E-state index in [2.05, 4.69) is 10.7 Å². The number of anilines is 1. The van der Waals surface area contributed by atoms with Crippen LogP contribution < -0.4 is 5.73 Å². The van der Waals surface area contributed by atoms with Gasteiger partial charge in [-0.25, -0.2) is 4.79 Å². The Morgan fingerprint density at radius 1 is 1.64 bits per heavy atom. The number of methoxy groups -OCH3 is 1. The maximum Gasteiger partial charge on any atom is 0.340 e. The van der Waals surface area contributed by atoms with E-state index in [0.29, 0.717) is 10.6 Å². The number of carbonyl (C=O) groups is 1. The minimum absolute atomic E-state index is 0.188. The number of ether oxygens (including phenoxy) is 1. The Morgan fingerprint density at radius 3 is 2.79 bits per heavy atom. The molecule has 0 aliphatic carbocycles. The van der Waals surface area contributed by atoms with Crippen LogP contribution in [0.15, 0.2) is 12.1 Å². The van der Waals surface area contributed by atoms with Crippen LogP contribution >= 0.6 is 11.6 Å². The summed E-state index contributed by atoms with van der Waals surface area (Å²) in [6, 6.07) is 2.94. The molecule has 0 unspecified atom stereocenters. The number of rotatable bonds is 1. The molecule has 0 bridgehead atoms. The Kier molecular flexibility index (Phi) is 3.00.